The highest BCUT2D eigenvalue weighted by molar-refractivity contribution is 7.18. The second-order valence-corrected chi connectivity index (χ2v) is 7.61. The SMILES string of the molecule is Cc1sc2nc([C@@H](C)OC(=O)c3cccc(N(C)C)c3)[nH]c(=O)c2c1C. The van der Waals surface area contributed by atoms with Crippen molar-refractivity contribution in [1.29, 1.82) is 0 Å². The van der Waals surface area contributed by atoms with Crippen molar-refractivity contribution in [3.63, 3.8) is 0 Å². The number of aromatic nitrogens is 2. The number of carbonyl (C=O) groups excluding carboxylic acids is 1. The van der Waals surface area contributed by atoms with Crippen LogP contribution in [-0.2, 0) is 4.74 Å². The second kappa shape index (κ2) is 6.92. The number of fused-ring (bicyclic) bond motifs is 1. The Balaban J connectivity index is 1.87. The highest BCUT2D eigenvalue weighted by atomic mass is 32.1. The minimum atomic E-state index is -0.662. The van der Waals surface area contributed by atoms with Crippen molar-refractivity contribution in [2.24, 2.45) is 0 Å². The van der Waals surface area contributed by atoms with Crippen LogP contribution in [0.2, 0.25) is 0 Å². The summed E-state index contributed by atoms with van der Waals surface area (Å²) in [7, 11) is 3.81. The number of carbonyl (C=O) groups is 1. The van der Waals surface area contributed by atoms with E-state index in [4.69, 9.17) is 4.74 Å². The molecule has 0 amide bonds. The van der Waals surface area contributed by atoms with E-state index >= 15 is 0 Å². The zero-order chi connectivity index (χ0) is 19.0. The number of rotatable bonds is 4. The van der Waals surface area contributed by atoms with Crippen LogP contribution >= 0.6 is 11.3 Å². The number of ether oxygens (including phenoxy) is 1. The first-order valence-electron chi connectivity index (χ1n) is 8.26. The van der Waals surface area contributed by atoms with E-state index < -0.39 is 12.1 Å². The number of nitrogens with zero attached hydrogens (tertiary/aromatic N) is 2. The number of aromatic amines is 1. The van der Waals surface area contributed by atoms with Crippen molar-refractivity contribution in [3.8, 4) is 0 Å². The summed E-state index contributed by atoms with van der Waals surface area (Å²) in [6.07, 6.45) is -0.662. The van der Waals surface area contributed by atoms with Crippen LogP contribution in [0.15, 0.2) is 29.1 Å². The molecule has 0 saturated carbocycles. The number of nitrogens with one attached hydrogen (secondary N) is 1. The Morgan fingerprint density at radius 3 is 2.73 bits per heavy atom. The van der Waals surface area contributed by atoms with Crippen molar-refractivity contribution >= 4 is 33.2 Å². The van der Waals surface area contributed by atoms with Gasteiger partial charge in [-0.25, -0.2) is 9.78 Å². The molecular formula is C19H21N3O3S. The van der Waals surface area contributed by atoms with Crippen LogP contribution in [0, 0.1) is 13.8 Å². The molecule has 0 fully saturated rings. The first-order valence-corrected chi connectivity index (χ1v) is 9.08. The van der Waals surface area contributed by atoms with Crippen LogP contribution < -0.4 is 10.5 Å². The van der Waals surface area contributed by atoms with Gasteiger partial charge in [-0.1, -0.05) is 6.07 Å². The Hall–Kier alpha value is -2.67. The van der Waals surface area contributed by atoms with Crippen molar-refractivity contribution in [1.82, 2.24) is 9.97 Å². The minimum absolute atomic E-state index is 0.204. The van der Waals surface area contributed by atoms with E-state index in [1.54, 1.807) is 25.1 Å². The molecule has 26 heavy (non-hydrogen) atoms. The Morgan fingerprint density at radius 2 is 2.04 bits per heavy atom. The van der Waals surface area contributed by atoms with E-state index in [2.05, 4.69) is 9.97 Å². The average Bonchev–Trinajstić information content (AvgIpc) is 2.89. The molecule has 0 spiro atoms. The summed E-state index contributed by atoms with van der Waals surface area (Å²) in [6.45, 7) is 5.57. The van der Waals surface area contributed by atoms with Gasteiger partial charge in [0.1, 0.15) is 4.83 Å². The third-order valence-electron chi connectivity index (χ3n) is 4.32. The van der Waals surface area contributed by atoms with Crippen molar-refractivity contribution < 1.29 is 9.53 Å². The maximum atomic E-state index is 12.5. The smallest absolute Gasteiger partial charge is 0.338 e. The fraction of sp³-hybridized carbons (Fsp3) is 0.316. The third-order valence-corrected chi connectivity index (χ3v) is 5.43. The molecule has 136 valence electrons. The number of hydrogen-bond acceptors (Lipinski definition) is 6. The standard InChI is InChI=1S/C19H21N3O3S/c1-10-12(3)26-18-15(10)17(23)20-16(21-18)11(2)25-19(24)13-7-6-8-14(9-13)22(4)5/h6-9,11H,1-5H3,(H,20,21,23)/t11-/m1/s1. The molecule has 7 heteroatoms. The first kappa shape index (κ1) is 18.1. The molecule has 3 aromatic rings. The summed E-state index contributed by atoms with van der Waals surface area (Å²) in [4.78, 5) is 35.7. The normalized spacial score (nSPS) is 12.2. The quantitative estimate of drug-likeness (QED) is 0.710. The lowest BCUT2D eigenvalue weighted by atomic mass is 10.2. The van der Waals surface area contributed by atoms with Gasteiger partial charge >= 0.3 is 5.97 Å². The van der Waals surface area contributed by atoms with Gasteiger partial charge in [-0.2, -0.15) is 0 Å². The van der Waals surface area contributed by atoms with Crippen LogP contribution in [0.4, 0.5) is 5.69 Å². The minimum Gasteiger partial charge on any atom is -0.451 e. The summed E-state index contributed by atoms with van der Waals surface area (Å²) in [6, 6.07) is 7.18. The average molecular weight is 371 g/mol. The topological polar surface area (TPSA) is 75.3 Å². The number of aryl methyl sites for hydroxylation is 2. The first-order chi connectivity index (χ1) is 12.3. The zero-order valence-corrected chi connectivity index (χ0v) is 16.2. The fourth-order valence-electron chi connectivity index (χ4n) is 2.66. The number of thiophene rings is 1. The molecule has 1 N–H and O–H groups in total. The molecule has 0 radical (unpaired) electrons. The predicted molar refractivity (Wildman–Crippen MR) is 104 cm³/mol. The lowest BCUT2D eigenvalue weighted by Crippen LogP contribution is -2.17. The Bertz CT molecular complexity index is 1040. The summed E-state index contributed by atoms with van der Waals surface area (Å²) in [5.74, 6) is -0.108. The van der Waals surface area contributed by atoms with Gasteiger partial charge in [-0.15, -0.1) is 11.3 Å². The van der Waals surface area contributed by atoms with Gasteiger partial charge in [-0.05, 0) is 44.5 Å². The molecule has 0 bridgehead atoms. The van der Waals surface area contributed by atoms with E-state index in [-0.39, 0.29) is 5.56 Å². The predicted octanol–water partition coefficient (Wildman–Crippen LogP) is 3.59. The van der Waals surface area contributed by atoms with E-state index in [0.29, 0.717) is 21.6 Å². The molecular weight excluding hydrogens is 350 g/mol. The van der Waals surface area contributed by atoms with Crippen LogP contribution in [-0.4, -0.2) is 30.0 Å². The van der Waals surface area contributed by atoms with Gasteiger partial charge in [0.25, 0.3) is 5.56 Å². The molecule has 2 aromatic heterocycles. The molecule has 0 aliphatic carbocycles. The van der Waals surface area contributed by atoms with Crippen LogP contribution in [0.1, 0.15) is 39.7 Å². The Morgan fingerprint density at radius 1 is 1.31 bits per heavy atom. The summed E-state index contributed by atoms with van der Waals surface area (Å²) >= 11 is 1.47. The van der Waals surface area contributed by atoms with E-state index in [1.807, 2.05) is 38.9 Å². The third kappa shape index (κ3) is 3.35. The number of hydrogen-bond donors (Lipinski definition) is 1. The number of H-pyrrole nitrogens is 1. The molecule has 0 saturated heterocycles. The summed E-state index contributed by atoms with van der Waals surface area (Å²) in [5.41, 5.74) is 2.10. The van der Waals surface area contributed by atoms with Gasteiger partial charge < -0.3 is 14.6 Å². The van der Waals surface area contributed by atoms with Crippen LogP contribution in [0.5, 0.6) is 0 Å². The van der Waals surface area contributed by atoms with Crippen LogP contribution in [0.25, 0.3) is 10.2 Å². The van der Waals surface area contributed by atoms with Crippen molar-refractivity contribution in [2.75, 3.05) is 19.0 Å². The van der Waals surface area contributed by atoms with E-state index in [0.717, 1.165) is 16.1 Å². The van der Waals surface area contributed by atoms with E-state index in [1.165, 1.54) is 11.3 Å². The molecule has 0 unspecified atom stereocenters. The molecule has 1 atom stereocenters. The maximum absolute atomic E-state index is 12.5. The largest absolute Gasteiger partial charge is 0.451 e. The van der Waals surface area contributed by atoms with Gasteiger partial charge in [0.2, 0.25) is 0 Å². The Kier molecular flexibility index (Phi) is 4.82. The van der Waals surface area contributed by atoms with Gasteiger partial charge in [0, 0.05) is 24.7 Å². The number of anilines is 1. The summed E-state index contributed by atoms with van der Waals surface area (Å²) < 4.78 is 5.51. The van der Waals surface area contributed by atoms with E-state index in [9.17, 15) is 9.59 Å². The highest BCUT2D eigenvalue weighted by Crippen LogP contribution is 2.27. The zero-order valence-electron chi connectivity index (χ0n) is 15.4. The van der Waals surface area contributed by atoms with Crippen molar-refractivity contribution in [3.05, 3.63) is 56.4 Å². The fourth-order valence-corrected chi connectivity index (χ4v) is 3.70. The van der Waals surface area contributed by atoms with Crippen molar-refractivity contribution in [2.45, 2.75) is 26.9 Å². The second-order valence-electron chi connectivity index (χ2n) is 6.41. The molecule has 3 rings (SSSR count). The molecule has 6 nitrogen and oxygen atoms in total. The molecule has 1 aromatic carbocycles. The van der Waals surface area contributed by atoms with Gasteiger partial charge in [0.15, 0.2) is 11.9 Å². The highest BCUT2D eigenvalue weighted by Gasteiger charge is 2.19. The van der Waals surface area contributed by atoms with Crippen LogP contribution in [0.3, 0.4) is 0 Å². The molecule has 0 aliphatic rings. The Labute approximate surface area is 155 Å². The van der Waals surface area contributed by atoms with Gasteiger partial charge in [0.05, 0.1) is 10.9 Å². The molecule has 2 heterocycles. The maximum Gasteiger partial charge on any atom is 0.338 e. The van der Waals surface area contributed by atoms with Gasteiger partial charge in [-0.3, -0.25) is 4.79 Å². The summed E-state index contributed by atoms with van der Waals surface area (Å²) in [5, 5.41) is 0.605. The lowest BCUT2D eigenvalue weighted by Gasteiger charge is -2.15. The molecule has 0 aliphatic heterocycles. The lowest BCUT2D eigenvalue weighted by molar-refractivity contribution is 0.0320. The number of esters is 1. The monoisotopic (exact) mass is 371 g/mol. The number of benzene rings is 1.